The van der Waals surface area contributed by atoms with Gasteiger partial charge in [0.2, 0.25) is 6.79 Å². The maximum Gasteiger partial charge on any atom is 0.303 e. The van der Waals surface area contributed by atoms with Gasteiger partial charge in [-0.1, -0.05) is 38.0 Å². The van der Waals surface area contributed by atoms with Crippen molar-refractivity contribution in [3.63, 3.8) is 0 Å². The number of ether oxygens (including phenoxy) is 4. The fourth-order valence-electron chi connectivity index (χ4n) is 5.38. The van der Waals surface area contributed by atoms with Gasteiger partial charge < -0.3 is 24.1 Å². The molecule has 1 aliphatic heterocycles. The summed E-state index contributed by atoms with van der Waals surface area (Å²) in [6.45, 7) is 3.47. The van der Waals surface area contributed by atoms with Crippen molar-refractivity contribution in [2.24, 2.45) is 0 Å². The highest BCUT2D eigenvalue weighted by Crippen LogP contribution is 2.38. The number of aromatic nitrogens is 1. The number of aliphatic carboxylic acids is 1. The molecular formula is C36H39NO6. The summed E-state index contributed by atoms with van der Waals surface area (Å²) in [5.74, 6) is 2.46. The second-order valence-electron chi connectivity index (χ2n) is 10.7. The topological polar surface area (TPSA) is 87.1 Å². The molecule has 224 valence electrons. The zero-order chi connectivity index (χ0) is 29.9. The minimum atomic E-state index is -0.789. The largest absolute Gasteiger partial charge is 0.494 e. The number of pyridine rings is 1. The molecule has 0 amide bonds. The van der Waals surface area contributed by atoms with Crippen molar-refractivity contribution < 1.29 is 28.8 Å². The van der Waals surface area contributed by atoms with E-state index in [-0.39, 0.29) is 13.2 Å². The van der Waals surface area contributed by atoms with Crippen LogP contribution in [0.25, 0.3) is 22.3 Å². The molecule has 2 heterocycles. The zero-order valence-electron chi connectivity index (χ0n) is 24.7. The highest BCUT2D eigenvalue weighted by molar-refractivity contribution is 5.76. The van der Waals surface area contributed by atoms with Gasteiger partial charge in [0.15, 0.2) is 11.5 Å². The predicted molar refractivity (Wildman–Crippen MR) is 167 cm³/mol. The molecule has 0 radical (unpaired) electrons. The second-order valence-corrected chi connectivity index (χ2v) is 10.7. The van der Waals surface area contributed by atoms with Gasteiger partial charge >= 0.3 is 5.97 Å². The average molecular weight is 582 g/mol. The van der Waals surface area contributed by atoms with Gasteiger partial charge in [0.05, 0.1) is 13.2 Å². The van der Waals surface area contributed by atoms with Crippen LogP contribution in [0.3, 0.4) is 0 Å². The van der Waals surface area contributed by atoms with Gasteiger partial charge in [-0.3, -0.25) is 9.78 Å². The van der Waals surface area contributed by atoms with Crippen molar-refractivity contribution in [1.29, 1.82) is 0 Å². The van der Waals surface area contributed by atoms with Crippen molar-refractivity contribution in [2.45, 2.75) is 58.3 Å². The van der Waals surface area contributed by atoms with E-state index < -0.39 is 5.97 Å². The van der Waals surface area contributed by atoms with Crippen LogP contribution in [0.5, 0.6) is 23.0 Å². The van der Waals surface area contributed by atoms with Crippen molar-refractivity contribution >= 4 is 5.97 Å². The molecule has 5 rings (SSSR count). The van der Waals surface area contributed by atoms with E-state index >= 15 is 0 Å². The monoisotopic (exact) mass is 581 g/mol. The summed E-state index contributed by atoms with van der Waals surface area (Å²) in [5, 5.41) is 8.85. The zero-order valence-corrected chi connectivity index (χ0v) is 24.7. The van der Waals surface area contributed by atoms with Crippen LogP contribution < -0.4 is 18.9 Å². The molecule has 4 aromatic rings. The Morgan fingerprint density at radius 2 is 1.56 bits per heavy atom. The molecular weight excluding hydrogens is 542 g/mol. The Kier molecular flexibility index (Phi) is 10.5. The second kappa shape index (κ2) is 15.1. The van der Waals surface area contributed by atoms with E-state index in [0.29, 0.717) is 19.6 Å². The molecule has 0 atom stereocenters. The van der Waals surface area contributed by atoms with Crippen LogP contribution in [0.2, 0.25) is 0 Å². The Balaban J connectivity index is 1.14. The fourth-order valence-corrected chi connectivity index (χ4v) is 5.38. The number of nitrogens with zero attached hydrogens (tertiary/aromatic N) is 1. The molecule has 3 aromatic carbocycles. The summed E-state index contributed by atoms with van der Waals surface area (Å²) in [7, 11) is 0. The first-order valence-corrected chi connectivity index (χ1v) is 15.1. The fraction of sp³-hybridized carbons (Fsp3) is 0.333. The lowest BCUT2D eigenvalue weighted by molar-refractivity contribution is -0.137. The van der Waals surface area contributed by atoms with Gasteiger partial charge in [-0.2, -0.15) is 0 Å². The van der Waals surface area contributed by atoms with Crippen LogP contribution in [0.4, 0.5) is 0 Å². The van der Waals surface area contributed by atoms with E-state index in [9.17, 15) is 4.79 Å². The van der Waals surface area contributed by atoms with Crippen molar-refractivity contribution in [2.75, 3.05) is 20.0 Å². The van der Waals surface area contributed by atoms with E-state index in [1.807, 2.05) is 42.5 Å². The maximum absolute atomic E-state index is 10.8. The third kappa shape index (κ3) is 8.28. The summed E-state index contributed by atoms with van der Waals surface area (Å²) in [6, 6.07) is 22.6. The van der Waals surface area contributed by atoms with E-state index in [4.69, 9.17) is 24.1 Å². The summed E-state index contributed by atoms with van der Waals surface area (Å²) in [4.78, 5) is 14.9. The quantitative estimate of drug-likeness (QED) is 0.134. The Hall–Kier alpha value is -4.52. The van der Waals surface area contributed by atoms with Crippen LogP contribution in [-0.4, -0.2) is 36.1 Å². The first kappa shape index (κ1) is 30.0. The average Bonchev–Trinajstić information content (AvgIpc) is 3.51. The van der Waals surface area contributed by atoms with Crippen LogP contribution in [0.1, 0.15) is 56.6 Å². The van der Waals surface area contributed by atoms with Gasteiger partial charge in [-0.25, -0.2) is 0 Å². The Bertz CT molecular complexity index is 1500. The highest BCUT2D eigenvalue weighted by Gasteiger charge is 2.15. The van der Waals surface area contributed by atoms with Gasteiger partial charge in [0.25, 0.3) is 0 Å². The molecule has 1 aliphatic rings. The van der Waals surface area contributed by atoms with Crippen LogP contribution >= 0.6 is 0 Å². The first-order valence-electron chi connectivity index (χ1n) is 15.1. The summed E-state index contributed by atoms with van der Waals surface area (Å²) in [6.07, 6.45) is 10.4. The third-order valence-electron chi connectivity index (χ3n) is 7.61. The third-order valence-corrected chi connectivity index (χ3v) is 7.61. The molecule has 43 heavy (non-hydrogen) atoms. The summed E-state index contributed by atoms with van der Waals surface area (Å²) in [5.41, 5.74) is 6.82. The molecule has 0 aliphatic carbocycles. The number of fused-ring (bicyclic) bond motifs is 1. The van der Waals surface area contributed by atoms with Gasteiger partial charge in [0, 0.05) is 18.8 Å². The standard InChI is InChI=1S/C36H39NO6/c1-2-32-27(10-7-11-33(32)41-20-8-12-36(38)39)9-5-3-4-6-19-40-31-22-29(26-15-17-37-18-16-26)21-30(23-31)28-13-14-34-35(24-28)43-25-42-34/h7,10-11,13-18,21-24H,2-6,8-9,12,19-20,25H2,1H3,(H,38,39). The molecule has 0 fully saturated rings. The van der Waals surface area contributed by atoms with Gasteiger partial charge in [0.1, 0.15) is 11.5 Å². The molecule has 0 bridgehead atoms. The molecule has 0 spiro atoms. The van der Waals surface area contributed by atoms with Crippen LogP contribution in [0, 0.1) is 0 Å². The van der Waals surface area contributed by atoms with Crippen molar-refractivity contribution in [1.82, 2.24) is 4.98 Å². The number of rotatable bonds is 16. The van der Waals surface area contributed by atoms with E-state index in [1.165, 1.54) is 11.1 Å². The number of unbranched alkanes of at least 4 members (excludes halogenated alkanes) is 3. The Labute approximate surface area is 253 Å². The van der Waals surface area contributed by atoms with E-state index in [1.54, 1.807) is 12.4 Å². The molecule has 7 heteroatoms. The number of carboxylic acid groups (broad SMARTS) is 1. The molecule has 1 N–H and O–H groups in total. The number of aryl methyl sites for hydroxylation is 1. The lowest BCUT2D eigenvalue weighted by Gasteiger charge is -2.15. The number of hydrogen-bond acceptors (Lipinski definition) is 6. The predicted octanol–water partition coefficient (Wildman–Crippen LogP) is 8.13. The number of benzene rings is 3. The first-order chi connectivity index (χ1) is 21.1. The Morgan fingerprint density at radius 1 is 0.791 bits per heavy atom. The maximum atomic E-state index is 10.8. The minimum Gasteiger partial charge on any atom is -0.494 e. The molecule has 0 saturated heterocycles. The van der Waals surface area contributed by atoms with Crippen LogP contribution in [0.15, 0.2) is 79.1 Å². The smallest absolute Gasteiger partial charge is 0.303 e. The van der Waals surface area contributed by atoms with Gasteiger partial charge in [-0.15, -0.1) is 0 Å². The summed E-state index contributed by atoms with van der Waals surface area (Å²) < 4.78 is 23.3. The number of carboxylic acids is 1. The number of hydrogen-bond donors (Lipinski definition) is 1. The normalized spacial score (nSPS) is 11.8. The number of carbonyl (C=O) groups is 1. The van der Waals surface area contributed by atoms with Crippen molar-refractivity contribution in [3.8, 4) is 45.3 Å². The molecule has 7 nitrogen and oxygen atoms in total. The molecule has 1 aromatic heterocycles. The van der Waals surface area contributed by atoms with E-state index in [0.717, 1.165) is 83.8 Å². The van der Waals surface area contributed by atoms with E-state index in [2.05, 4.69) is 36.2 Å². The van der Waals surface area contributed by atoms with Crippen molar-refractivity contribution in [3.05, 3.63) is 90.3 Å². The Morgan fingerprint density at radius 3 is 2.37 bits per heavy atom. The highest BCUT2D eigenvalue weighted by atomic mass is 16.7. The van der Waals surface area contributed by atoms with Crippen LogP contribution in [-0.2, 0) is 17.6 Å². The van der Waals surface area contributed by atoms with Gasteiger partial charge in [-0.05, 0) is 114 Å². The lowest BCUT2D eigenvalue weighted by atomic mass is 9.98. The lowest BCUT2D eigenvalue weighted by Crippen LogP contribution is -2.05. The minimum absolute atomic E-state index is 0.127. The molecule has 0 saturated carbocycles. The molecule has 0 unspecified atom stereocenters. The summed E-state index contributed by atoms with van der Waals surface area (Å²) >= 11 is 0. The SMILES string of the molecule is CCc1c(CCCCCCOc2cc(-c3ccncc3)cc(-c3ccc4c(c3)OCO4)c2)cccc1OCCCC(=O)O.